The van der Waals surface area contributed by atoms with Gasteiger partial charge in [0.25, 0.3) is 5.92 Å². The summed E-state index contributed by atoms with van der Waals surface area (Å²) in [6, 6.07) is 4.24. The molecule has 0 radical (unpaired) electrons. The number of carbonyl (C=O) groups is 2. The van der Waals surface area contributed by atoms with E-state index < -0.39 is 50.3 Å². The Labute approximate surface area is 216 Å². The number of hydrogen-bond donors (Lipinski definition) is 3. The lowest BCUT2D eigenvalue weighted by molar-refractivity contribution is -0.147. The molecule has 1 saturated carbocycles. The molecule has 36 heavy (non-hydrogen) atoms. The van der Waals surface area contributed by atoms with Crippen molar-refractivity contribution >= 4 is 43.6 Å². The summed E-state index contributed by atoms with van der Waals surface area (Å²) in [6.07, 6.45) is -3.61. The van der Waals surface area contributed by atoms with E-state index in [1.54, 1.807) is 25.1 Å². The van der Waals surface area contributed by atoms with Gasteiger partial charge in [0.2, 0.25) is 11.9 Å². The van der Waals surface area contributed by atoms with Crippen molar-refractivity contribution in [2.24, 2.45) is 4.99 Å². The average Bonchev–Trinajstić information content (AvgIpc) is 2.70. The van der Waals surface area contributed by atoms with Crippen LogP contribution in [-0.4, -0.2) is 54.4 Å². The van der Waals surface area contributed by atoms with Crippen molar-refractivity contribution in [1.29, 1.82) is 0 Å². The topological polar surface area (TPSA) is 117 Å². The number of carboxylic acid groups (broad SMARTS) is 1. The molecule has 1 fully saturated rings. The van der Waals surface area contributed by atoms with Crippen LogP contribution in [-0.2, 0) is 14.8 Å². The molecule has 0 saturated heterocycles. The molecule has 12 heteroatoms. The minimum atomic E-state index is -3.06. The highest BCUT2D eigenvalue weighted by Gasteiger charge is 2.53. The molecule has 1 aromatic carbocycles. The van der Waals surface area contributed by atoms with Crippen molar-refractivity contribution in [2.75, 3.05) is 5.73 Å². The standard InChI is InChI=1S/C24H35ClF2N4O4Si/c1-22(2,3)36(5,6)35-17-12-14(10-11-24(17,26)27)31-18(32)13-23(4,30-20(31)29-21(33)34)15-8-7-9-16(28)19(15)25/h7-9,14,17H,10-13,28H2,1-6H3,(H,29,30)(H,33,34)/t14-,17-,23+/m1/s1. The fourth-order valence-corrected chi connectivity index (χ4v) is 6.13. The monoisotopic (exact) mass is 544 g/mol. The Bertz CT molecular complexity index is 1080. The first kappa shape index (κ1) is 28.3. The van der Waals surface area contributed by atoms with Gasteiger partial charge >= 0.3 is 6.09 Å². The maximum Gasteiger partial charge on any atom is 0.411 e. The van der Waals surface area contributed by atoms with Gasteiger partial charge in [0.15, 0.2) is 8.32 Å². The van der Waals surface area contributed by atoms with Crippen LogP contribution >= 0.6 is 11.6 Å². The number of amides is 2. The third-order valence-electron chi connectivity index (χ3n) is 7.55. The first-order valence-electron chi connectivity index (χ1n) is 11.9. The quantitative estimate of drug-likeness (QED) is 0.338. The van der Waals surface area contributed by atoms with Gasteiger partial charge < -0.3 is 15.3 Å². The number of nitrogens with two attached hydrogens (primary N) is 1. The summed E-state index contributed by atoms with van der Waals surface area (Å²) in [4.78, 5) is 30.9. The molecule has 4 N–H and O–H groups in total. The Morgan fingerprint density at radius 3 is 2.58 bits per heavy atom. The molecule has 1 heterocycles. The predicted molar refractivity (Wildman–Crippen MR) is 138 cm³/mol. The number of guanidine groups is 1. The third kappa shape index (κ3) is 5.52. The molecule has 2 aliphatic rings. The second kappa shape index (κ2) is 9.57. The van der Waals surface area contributed by atoms with Crippen LogP contribution < -0.4 is 11.1 Å². The summed E-state index contributed by atoms with van der Waals surface area (Å²) < 4.78 is 36.1. The molecule has 3 atom stereocenters. The molecule has 1 aliphatic heterocycles. The minimum absolute atomic E-state index is 0.0217. The van der Waals surface area contributed by atoms with Crippen molar-refractivity contribution in [3.05, 3.63) is 28.8 Å². The van der Waals surface area contributed by atoms with Gasteiger partial charge in [-0.3, -0.25) is 15.0 Å². The molecular weight excluding hydrogens is 510 g/mol. The molecule has 0 bridgehead atoms. The van der Waals surface area contributed by atoms with Crippen molar-refractivity contribution in [3.8, 4) is 0 Å². The van der Waals surface area contributed by atoms with Gasteiger partial charge in [0.1, 0.15) is 6.10 Å². The van der Waals surface area contributed by atoms with Crippen LogP contribution in [0, 0.1) is 0 Å². The number of halogens is 3. The summed E-state index contributed by atoms with van der Waals surface area (Å²) in [5.41, 5.74) is 5.50. The predicted octanol–water partition coefficient (Wildman–Crippen LogP) is 5.57. The Morgan fingerprint density at radius 2 is 2.00 bits per heavy atom. The van der Waals surface area contributed by atoms with E-state index in [1.807, 2.05) is 33.9 Å². The highest BCUT2D eigenvalue weighted by Crippen LogP contribution is 2.45. The summed E-state index contributed by atoms with van der Waals surface area (Å²) in [6.45, 7) is 11.4. The first-order chi connectivity index (χ1) is 16.4. The molecule has 200 valence electrons. The van der Waals surface area contributed by atoms with E-state index in [0.29, 0.717) is 11.3 Å². The molecule has 3 rings (SSSR count). The van der Waals surface area contributed by atoms with E-state index in [-0.39, 0.29) is 35.3 Å². The molecule has 1 aromatic rings. The number of nitrogens with zero attached hydrogens (tertiary/aromatic N) is 2. The number of rotatable bonds is 4. The van der Waals surface area contributed by atoms with Crippen LogP contribution in [0.1, 0.15) is 58.9 Å². The van der Waals surface area contributed by atoms with Gasteiger partial charge in [-0.2, -0.15) is 0 Å². The van der Waals surface area contributed by atoms with Gasteiger partial charge in [-0.1, -0.05) is 44.5 Å². The largest absolute Gasteiger partial charge is 0.465 e. The highest BCUT2D eigenvalue weighted by molar-refractivity contribution is 6.74. The fraction of sp³-hybridized carbons (Fsp3) is 0.625. The van der Waals surface area contributed by atoms with Gasteiger partial charge in [0.05, 0.1) is 22.7 Å². The summed E-state index contributed by atoms with van der Waals surface area (Å²) in [7, 11) is -2.55. The van der Waals surface area contributed by atoms with E-state index in [4.69, 9.17) is 21.8 Å². The van der Waals surface area contributed by atoms with Crippen molar-refractivity contribution in [3.63, 3.8) is 0 Å². The van der Waals surface area contributed by atoms with Gasteiger partial charge in [-0.05, 0) is 44.0 Å². The van der Waals surface area contributed by atoms with Crippen molar-refractivity contribution in [2.45, 2.75) is 95.1 Å². The normalized spacial score (nSPS) is 27.0. The number of alkyl halides is 2. The van der Waals surface area contributed by atoms with E-state index >= 15 is 0 Å². The maximum absolute atomic E-state index is 15.0. The Hall–Kier alpha value is -2.24. The van der Waals surface area contributed by atoms with E-state index in [0.717, 1.165) is 0 Å². The second-order valence-corrected chi connectivity index (χ2v) is 16.5. The molecule has 0 aromatic heterocycles. The maximum atomic E-state index is 15.0. The number of nitrogens with one attached hydrogen (secondary N) is 1. The molecule has 0 spiro atoms. The Balaban J connectivity index is 1.99. The smallest absolute Gasteiger partial charge is 0.411 e. The third-order valence-corrected chi connectivity index (χ3v) is 12.5. The number of carbonyl (C=O) groups excluding carboxylic acids is 1. The average molecular weight is 545 g/mol. The van der Waals surface area contributed by atoms with E-state index in [1.165, 1.54) is 4.90 Å². The Morgan fingerprint density at radius 1 is 1.36 bits per heavy atom. The number of aliphatic imine (C=N–C) groups is 1. The zero-order valence-corrected chi connectivity index (χ0v) is 23.2. The SMILES string of the molecule is CC(C)(C)[Si](C)(C)O[C@@H]1C[C@H](N2C(=O)C[C@@](C)(c3cccc(N)c3Cl)N=C2NC(=O)O)CCC1(F)F. The van der Waals surface area contributed by atoms with Crippen molar-refractivity contribution in [1.82, 2.24) is 10.2 Å². The number of nitrogen functional groups attached to an aromatic ring is 1. The number of hydrogen-bond acceptors (Lipinski definition) is 5. The molecule has 0 unspecified atom stereocenters. The number of anilines is 1. The fourth-order valence-electron chi connectivity index (χ4n) is 4.47. The molecular formula is C24H35ClF2N4O4Si. The zero-order chi connectivity index (χ0) is 27.3. The second-order valence-electron chi connectivity index (χ2n) is 11.3. The van der Waals surface area contributed by atoms with Crippen molar-refractivity contribution < 1.29 is 27.9 Å². The van der Waals surface area contributed by atoms with E-state index in [9.17, 15) is 23.5 Å². The van der Waals surface area contributed by atoms with Gasteiger partial charge in [0, 0.05) is 18.0 Å². The molecule has 2 amide bonds. The van der Waals surface area contributed by atoms with Crippen LogP contribution in [0.25, 0.3) is 0 Å². The summed E-state index contributed by atoms with van der Waals surface area (Å²) in [5.74, 6) is -3.73. The summed E-state index contributed by atoms with van der Waals surface area (Å²) >= 11 is 6.40. The Kier molecular flexibility index (Phi) is 7.53. The minimum Gasteiger partial charge on any atom is -0.465 e. The molecule has 8 nitrogen and oxygen atoms in total. The highest BCUT2D eigenvalue weighted by atomic mass is 35.5. The lowest BCUT2D eigenvalue weighted by Crippen LogP contribution is -2.60. The van der Waals surface area contributed by atoms with Gasteiger partial charge in [-0.15, -0.1) is 0 Å². The van der Waals surface area contributed by atoms with Gasteiger partial charge in [-0.25, -0.2) is 18.6 Å². The van der Waals surface area contributed by atoms with E-state index in [2.05, 4.69) is 10.3 Å². The lowest BCUT2D eigenvalue weighted by atomic mass is 9.84. The van der Waals surface area contributed by atoms with Crippen LogP contribution in [0.5, 0.6) is 0 Å². The zero-order valence-electron chi connectivity index (χ0n) is 21.5. The van der Waals surface area contributed by atoms with Crippen LogP contribution in [0.4, 0.5) is 19.3 Å². The first-order valence-corrected chi connectivity index (χ1v) is 15.2. The number of benzene rings is 1. The molecule has 1 aliphatic carbocycles. The van der Waals surface area contributed by atoms with Crippen LogP contribution in [0.15, 0.2) is 23.2 Å². The van der Waals surface area contributed by atoms with Crippen LogP contribution in [0.3, 0.4) is 0 Å². The summed E-state index contributed by atoms with van der Waals surface area (Å²) in [5, 5.41) is 11.6. The lowest BCUT2D eigenvalue weighted by Gasteiger charge is -2.47. The van der Waals surface area contributed by atoms with Crippen LogP contribution in [0.2, 0.25) is 23.2 Å².